The summed E-state index contributed by atoms with van der Waals surface area (Å²) in [5.74, 6) is -2.18. The zero-order valence-electron chi connectivity index (χ0n) is 17.3. The first kappa shape index (κ1) is 24.4. The van der Waals surface area contributed by atoms with E-state index in [9.17, 15) is 18.4 Å². The van der Waals surface area contributed by atoms with Gasteiger partial charge in [0.2, 0.25) is 0 Å². The summed E-state index contributed by atoms with van der Waals surface area (Å²) in [6.45, 7) is 3.38. The average Bonchev–Trinajstić information content (AvgIpc) is 3.26. The second kappa shape index (κ2) is 9.12. The summed E-state index contributed by atoms with van der Waals surface area (Å²) in [4.78, 5) is 30.4. The molecule has 9 nitrogen and oxygen atoms in total. The summed E-state index contributed by atoms with van der Waals surface area (Å²) in [5.41, 5.74) is -0.457. The van der Waals surface area contributed by atoms with Gasteiger partial charge in [0.15, 0.2) is 17.3 Å². The van der Waals surface area contributed by atoms with Crippen LogP contribution in [0.15, 0.2) is 39.5 Å². The first-order valence-electron chi connectivity index (χ1n) is 9.58. The number of pyridine rings is 1. The average molecular weight is 622 g/mol. The number of carbonyl (C=O) groups is 2. The molecule has 0 radical (unpaired) electrons. The fourth-order valence-electron chi connectivity index (χ4n) is 3.11. The summed E-state index contributed by atoms with van der Waals surface area (Å²) in [5, 5.41) is 9.59. The van der Waals surface area contributed by atoms with E-state index in [2.05, 4.69) is 62.0 Å². The molecule has 2 aromatic heterocycles. The highest BCUT2D eigenvalue weighted by atomic mass is 79.9. The van der Waals surface area contributed by atoms with Crippen molar-refractivity contribution in [2.45, 2.75) is 26.2 Å². The van der Waals surface area contributed by atoms with Crippen molar-refractivity contribution in [3.8, 4) is 17.3 Å². The smallest absolute Gasteiger partial charge is 0.395 e. The number of hydrogen-bond donors (Lipinski definition) is 2. The molecule has 14 heteroatoms. The summed E-state index contributed by atoms with van der Waals surface area (Å²) < 4.78 is 38.3. The second-order valence-corrected chi connectivity index (χ2v) is 9.33. The van der Waals surface area contributed by atoms with Crippen LogP contribution >= 0.6 is 43.5 Å². The van der Waals surface area contributed by atoms with Crippen molar-refractivity contribution in [1.82, 2.24) is 20.1 Å². The summed E-state index contributed by atoms with van der Waals surface area (Å²) in [7, 11) is 0. The molecule has 1 aromatic carbocycles. The van der Waals surface area contributed by atoms with Gasteiger partial charge in [-0.25, -0.2) is 9.67 Å². The van der Waals surface area contributed by atoms with Crippen LogP contribution in [0.4, 0.5) is 14.5 Å². The third kappa shape index (κ3) is 4.72. The van der Waals surface area contributed by atoms with Gasteiger partial charge in [-0.2, -0.15) is 5.10 Å². The number of nitrogens with one attached hydrogen (secondary N) is 2. The largest absolute Gasteiger partial charge is 0.586 e. The molecule has 4 rings (SSSR count). The van der Waals surface area contributed by atoms with Crippen LogP contribution in [0.2, 0.25) is 5.02 Å². The van der Waals surface area contributed by atoms with Crippen LogP contribution < -0.4 is 20.1 Å². The normalized spacial score (nSPS) is 13.8. The van der Waals surface area contributed by atoms with E-state index in [1.165, 1.54) is 23.0 Å². The molecule has 0 saturated heterocycles. The van der Waals surface area contributed by atoms with Crippen LogP contribution in [0.5, 0.6) is 11.5 Å². The molecule has 0 unspecified atom stereocenters. The Morgan fingerprint density at radius 3 is 2.62 bits per heavy atom. The lowest BCUT2D eigenvalue weighted by Gasteiger charge is -2.17. The molecule has 0 atom stereocenters. The summed E-state index contributed by atoms with van der Waals surface area (Å²) in [6, 6.07) is 5.43. The highest BCUT2D eigenvalue weighted by molar-refractivity contribution is 9.10. The number of nitrogens with zero attached hydrogens (tertiary/aromatic N) is 3. The minimum absolute atomic E-state index is 0.00223. The molecule has 0 bridgehead atoms. The zero-order chi connectivity index (χ0) is 24.8. The first-order valence-corrected chi connectivity index (χ1v) is 11.5. The number of alkyl halides is 2. The number of amides is 2. The molecule has 2 amide bonds. The predicted octanol–water partition coefficient (Wildman–Crippen LogP) is 5.16. The van der Waals surface area contributed by atoms with E-state index in [0.717, 1.165) is 0 Å². The Morgan fingerprint density at radius 2 is 1.94 bits per heavy atom. The molecule has 0 aliphatic carbocycles. The number of carbonyl (C=O) groups excluding carboxylic acids is 2. The Bertz CT molecular complexity index is 1320. The van der Waals surface area contributed by atoms with Crippen molar-refractivity contribution in [3.63, 3.8) is 0 Å². The fourth-order valence-corrected chi connectivity index (χ4v) is 4.20. The Labute approximate surface area is 213 Å². The zero-order valence-corrected chi connectivity index (χ0v) is 21.3. The Balaban J connectivity index is 1.80. The molecule has 3 aromatic rings. The van der Waals surface area contributed by atoms with Gasteiger partial charge in [-0.3, -0.25) is 9.59 Å². The van der Waals surface area contributed by atoms with Gasteiger partial charge < -0.3 is 20.1 Å². The summed E-state index contributed by atoms with van der Waals surface area (Å²) in [6.07, 6.45) is -2.50. The maximum absolute atomic E-state index is 13.8. The number of ether oxygens (including phenoxy) is 2. The van der Waals surface area contributed by atoms with E-state index < -0.39 is 23.9 Å². The Morgan fingerprint density at radius 1 is 1.21 bits per heavy atom. The monoisotopic (exact) mass is 619 g/mol. The van der Waals surface area contributed by atoms with E-state index >= 15 is 0 Å². The van der Waals surface area contributed by atoms with Crippen LogP contribution in [-0.4, -0.2) is 38.9 Å². The van der Waals surface area contributed by atoms with Gasteiger partial charge in [0, 0.05) is 28.8 Å². The van der Waals surface area contributed by atoms with Gasteiger partial charge in [0.1, 0.15) is 15.9 Å². The molecule has 0 saturated carbocycles. The van der Waals surface area contributed by atoms with Crippen molar-refractivity contribution < 1.29 is 27.8 Å². The molecule has 2 N–H and O–H groups in total. The van der Waals surface area contributed by atoms with E-state index in [-0.39, 0.29) is 44.0 Å². The van der Waals surface area contributed by atoms with E-state index in [1.54, 1.807) is 26.0 Å². The number of aromatic nitrogens is 3. The molecule has 1 aliphatic heterocycles. The minimum atomic E-state index is -3.98. The van der Waals surface area contributed by atoms with Crippen molar-refractivity contribution in [3.05, 3.63) is 55.8 Å². The van der Waals surface area contributed by atoms with Crippen molar-refractivity contribution >= 4 is 61.0 Å². The number of fused-ring (bicyclic) bond motifs is 1. The van der Waals surface area contributed by atoms with E-state index in [1.807, 2.05) is 0 Å². The molecule has 0 fully saturated rings. The highest BCUT2D eigenvalue weighted by Gasteiger charge is 2.47. The third-order valence-electron chi connectivity index (χ3n) is 4.38. The molecular formula is C20H14Br2ClF2N5O4. The van der Waals surface area contributed by atoms with Crippen molar-refractivity contribution in [1.29, 1.82) is 0 Å². The van der Waals surface area contributed by atoms with Gasteiger partial charge in [0.25, 0.3) is 11.8 Å². The molecule has 34 heavy (non-hydrogen) atoms. The van der Waals surface area contributed by atoms with Gasteiger partial charge in [-0.15, -0.1) is 8.78 Å². The number of anilines is 1. The lowest BCUT2D eigenvalue weighted by Crippen LogP contribution is -2.32. The Kier molecular flexibility index (Phi) is 6.53. The number of hydrogen-bond acceptors (Lipinski definition) is 6. The lowest BCUT2D eigenvalue weighted by molar-refractivity contribution is -0.286. The van der Waals surface area contributed by atoms with Crippen LogP contribution in [0.25, 0.3) is 5.82 Å². The maximum atomic E-state index is 13.8. The highest BCUT2D eigenvalue weighted by Crippen LogP contribution is 2.49. The quantitative estimate of drug-likeness (QED) is 0.408. The third-order valence-corrected chi connectivity index (χ3v) is 5.69. The molecule has 3 heterocycles. The van der Waals surface area contributed by atoms with Crippen LogP contribution in [0, 0.1) is 0 Å². The van der Waals surface area contributed by atoms with E-state index in [4.69, 9.17) is 11.6 Å². The van der Waals surface area contributed by atoms with Crippen LogP contribution in [-0.2, 0) is 0 Å². The molecule has 0 spiro atoms. The van der Waals surface area contributed by atoms with Gasteiger partial charge in [-0.05, 0) is 57.8 Å². The standard InChI is InChI=1S/C20H14Br2ClF2N5O4/c1-8(2)27-19(32)14-15(9(21)6-12-16(14)34-20(24,25)33-12)28-18(31)11-7-13(22)29-30(11)17-10(23)4-3-5-26-17/h3-8H,1-2H3,(H,27,32)(H,28,31). The van der Waals surface area contributed by atoms with Crippen molar-refractivity contribution in [2.75, 3.05) is 5.32 Å². The fraction of sp³-hybridized carbons (Fsp3) is 0.200. The lowest BCUT2D eigenvalue weighted by atomic mass is 10.1. The first-order chi connectivity index (χ1) is 16.0. The molecule has 1 aliphatic rings. The van der Waals surface area contributed by atoms with Crippen molar-refractivity contribution in [2.24, 2.45) is 0 Å². The topological polar surface area (TPSA) is 107 Å². The number of rotatable bonds is 5. The van der Waals surface area contributed by atoms with Crippen LogP contribution in [0.3, 0.4) is 0 Å². The van der Waals surface area contributed by atoms with Crippen LogP contribution in [0.1, 0.15) is 34.7 Å². The van der Waals surface area contributed by atoms with Gasteiger partial charge >= 0.3 is 6.29 Å². The Hall–Kier alpha value is -2.77. The predicted molar refractivity (Wildman–Crippen MR) is 125 cm³/mol. The minimum Gasteiger partial charge on any atom is -0.395 e. The molecular weight excluding hydrogens is 608 g/mol. The van der Waals surface area contributed by atoms with E-state index in [0.29, 0.717) is 4.60 Å². The maximum Gasteiger partial charge on any atom is 0.586 e. The van der Waals surface area contributed by atoms with Gasteiger partial charge in [0.05, 0.1) is 10.7 Å². The SMILES string of the molecule is CC(C)NC(=O)c1c(NC(=O)c2cc(Br)nn2-c2ncccc2Cl)c(Br)cc2c1OC(F)(F)O2. The number of halogens is 5. The number of benzene rings is 1. The molecule has 178 valence electrons. The van der Waals surface area contributed by atoms with Gasteiger partial charge in [-0.1, -0.05) is 11.6 Å². The second-order valence-electron chi connectivity index (χ2n) is 7.26. The summed E-state index contributed by atoms with van der Waals surface area (Å²) >= 11 is 12.6.